The lowest BCUT2D eigenvalue weighted by Gasteiger charge is -2.35. The van der Waals surface area contributed by atoms with Gasteiger partial charge in [0.2, 0.25) is 10.0 Å². The monoisotopic (exact) mass is 1040 g/mol. The Labute approximate surface area is 428 Å². The fraction of sp³-hybridized carbons (Fsp3) is 0.469. The Kier molecular flexibility index (Phi) is 15.2. The van der Waals surface area contributed by atoms with Gasteiger partial charge < -0.3 is 31.1 Å². The third-order valence-electron chi connectivity index (χ3n) is 13.9. The highest BCUT2D eigenvalue weighted by atomic mass is 35.5. The minimum Gasteiger partial charge on any atom is -0.355 e. The van der Waals surface area contributed by atoms with E-state index in [1.165, 1.54) is 0 Å². The number of benzene rings is 2. The number of fused-ring (bicyclic) bond motifs is 2. The average molecular weight is 1040 g/mol. The number of halogens is 2. The molecule has 4 aromatic heterocycles. The van der Waals surface area contributed by atoms with Crippen LogP contribution in [0.3, 0.4) is 0 Å². The zero-order chi connectivity index (χ0) is 50.8. The zero-order valence-electron chi connectivity index (χ0n) is 40.7. The predicted octanol–water partition coefficient (Wildman–Crippen LogP) is 7.05. The topological polar surface area (TPSA) is 254 Å². The number of hydrogen-bond donors (Lipinski definition) is 3. The molecule has 4 atom stereocenters. The number of aromatic nitrogens is 6. The lowest BCUT2D eigenvalue weighted by atomic mass is 9.97. The highest BCUT2D eigenvalue weighted by Crippen LogP contribution is 2.36. The van der Waals surface area contributed by atoms with Gasteiger partial charge in [0.15, 0.2) is 11.3 Å². The Morgan fingerprint density at radius 2 is 1.19 bits per heavy atom. The summed E-state index contributed by atoms with van der Waals surface area (Å²) in [6.07, 6.45) is 12.3. The van der Waals surface area contributed by atoms with Gasteiger partial charge in [-0.25, -0.2) is 32.1 Å². The van der Waals surface area contributed by atoms with Gasteiger partial charge in [-0.15, -0.1) is 0 Å². The normalized spacial score (nSPS) is 20.5. The van der Waals surface area contributed by atoms with Gasteiger partial charge in [-0.2, -0.15) is 10.2 Å². The van der Waals surface area contributed by atoms with Crippen LogP contribution >= 0.6 is 23.2 Å². The van der Waals surface area contributed by atoms with Crippen molar-refractivity contribution in [1.82, 2.24) is 43.7 Å². The maximum Gasteiger partial charge on any atom is 0.254 e. The van der Waals surface area contributed by atoms with E-state index in [4.69, 9.17) is 60.4 Å². The summed E-state index contributed by atoms with van der Waals surface area (Å²) < 4.78 is 29.4. The molecule has 2 amide bonds. The predicted molar refractivity (Wildman–Crippen MR) is 278 cm³/mol. The number of carbonyl (C=O) groups is 2. The van der Waals surface area contributed by atoms with Gasteiger partial charge in [0.25, 0.3) is 11.8 Å². The number of aryl methyl sites for hydroxylation is 2. The largest absolute Gasteiger partial charge is 0.355 e. The smallest absolute Gasteiger partial charge is 0.254 e. The zero-order valence-corrected chi connectivity index (χ0v) is 43.0. The van der Waals surface area contributed by atoms with E-state index < -0.39 is 10.0 Å². The van der Waals surface area contributed by atoms with Gasteiger partial charge in [0, 0.05) is 120 Å². The minimum atomic E-state index is -3.42. The van der Waals surface area contributed by atoms with Crippen molar-refractivity contribution in [3.63, 3.8) is 0 Å². The standard InChI is InChI=1S/C25H32ClN7O3S.C24H28ClN9O/c1-16-14-33-23(29-24(16)31-10-8-19(27)15-31)12-21(30-33)22-5-3-4-9-32(22)25(34)20-11-18(26)7-6-17(20)13-28-37(2,35)36;1-15-13-34-22(29-23(15)32-9-7-18(26)14-32)11-20(30-34)21-4-2-3-8-33(21)24(35)19-10-17(25)6-5-16(19)12-28-31-27/h6-7,11-12,14,19,22,28H,3-5,8-10,13,15,27H2,1-2H3;5-6,10-11,13,18,21H,2-4,7-9,12,14,26H2,1H3/t19-,22-;18-,21-/m00/s1. The van der Waals surface area contributed by atoms with Crippen molar-refractivity contribution < 1.29 is 18.0 Å². The number of rotatable bonds is 11. The fourth-order valence-electron chi connectivity index (χ4n) is 10.3. The summed E-state index contributed by atoms with van der Waals surface area (Å²) in [5.74, 6) is 1.54. The molecule has 4 fully saturated rings. The Morgan fingerprint density at radius 3 is 1.64 bits per heavy atom. The average Bonchev–Trinajstić information content (AvgIpc) is 4.19. The molecule has 4 saturated heterocycles. The molecule has 4 aliphatic heterocycles. The number of anilines is 2. The van der Waals surface area contributed by atoms with E-state index in [0.29, 0.717) is 45.4 Å². The first kappa shape index (κ1) is 50.9. The molecule has 0 saturated carbocycles. The molecule has 0 unspecified atom stereocenters. The quantitative estimate of drug-likeness (QED) is 0.0670. The molecule has 23 heteroatoms. The van der Waals surface area contributed by atoms with Gasteiger partial charge in [-0.1, -0.05) is 40.4 Å². The number of sulfonamides is 1. The number of piperidine rings is 2. The fourth-order valence-corrected chi connectivity index (χ4v) is 11.1. The second kappa shape index (κ2) is 21.6. The van der Waals surface area contributed by atoms with Crippen LogP contribution in [-0.2, 0) is 23.1 Å². The van der Waals surface area contributed by atoms with Crippen LogP contribution in [-0.4, -0.2) is 117 Å². The number of amides is 2. The molecule has 2 aromatic carbocycles. The molecular weight excluding hydrogens is 980 g/mol. The molecule has 380 valence electrons. The van der Waals surface area contributed by atoms with Gasteiger partial charge in [-0.3, -0.25) is 9.59 Å². The van der Waals surface area contributed by atoms with Crippen LogP contribution in [0, 0.1) is 13.8 Å². The first-order valence-corrected chi connectivity index (χ1v) is 27.1. The van der Waals surface area contributed by atoms with E-state index in [1.54, 1.807) is 45.4 Å². The summed E-state index contributed by atoms with van der Waals surface area (Å²) in [4.78, 5) is 48.3. The van der Waals surface area contributed by atoms with E-state index >= 15 is 0 Å². The molecule has 0 bridgehead atoms. The SMILES string of the molecule is Cc1cn2nc([C@@H]3CCCCN3C(=O)c3cc(Cl)ccc3CN=[N+]=[N-])cc2nc1N1CC[C@H](N)C1.Cc1cn2nc([C@@H]3CCCCN3C(=O)c3cc(Cl)ccc3CNS(C)(=O)=O)cc2nc1N1CC[C@H](N)C1. The maximum atomic E-state index is 13.8. The maximum absolute atomic E-state index is 13.8. The van der Waals surface area contributed by atoms with Crippen LogP contribution < -0.4 is 26.0 Å². The van der Waals surface area contributed by atoms with Crippen LogP contribution in [0.15, 0.2) is 66.0 Å². The molecule has 72 heavy (non-hydrogen) atoms. The van der Waals surface area contributed by atoms with Crippen LogP contribution in [0.1, 0.15) is 118 Å². The van der Waals surface area contributed by atoms with Gasteiger partial charge in [0.05, 0.1) is 36.3 Å². The van der Waals surface area contributed by atoms with Crippen LogP contribution in [0.4, 0.5) is 11.6 Å². The number of hydrogen-bond acceptors (Lipinski definition) is 13. The number of nitrogens with two attached hydrogens (primary N) is 2. The number of nitrogens with zero attached hydrogens (tertiary/aromatic N) is 13. The molecule has 10 rings (SSSR count). The third kappa shape index (κ3) is 11.3. The Balaban J connectivity index is 0.000000178. The summed E-state index contributed by atoms with van der Waals surface area (Å²) in [6.45, 7) is 8.72. The number of carbonyl (C=O) groups excluding carboxylic acids is 2. The summed E-state index contributed by atoms with van der Waals surface area (Å²) in [5.41, 5.74) is 28.2. The van der Waals surface area contributed by atoms with Gasteiger partial charge in [0.1, 0.15) is 11.6 Å². The third-order valence-corrected chi connectivity index (χ3v) is 15.1. The van der Waals surface area contributed by atoms with Gasteiger partial charge >= 0.3 is 0 Å². The molecule has 0 radical (unpaired) electrons. The summed E-state index contributed by atoms with van der Waals surface area (Å²) in [7, 11) is -3.42. The lowest BCUT2D eigenvalue weighted by Crippen LogP contribution is -2.39. The Hall–Kier alpha value is -6.06. The molecule has 6 aromatic rings. The molecule has 0 aliphatic carbocycles. The molecule has 4 aliphatic rings. The second-order valence-electron chi connectivity index (χ2n) is 19.3. The highest BCUT2D eigenvalue weighted by Gasteiger charge is 2.34. The van der Waals surface area contributed by atoms with Crippen molar-refractivity contribution in [2.45, 2.75) is 102 Å². The van der Waals surface area contributed by atoms with Crippen molar-refractivity contribution in [2.75, 3.05) is 55.3 Å². The van der Waals surface area contributed by atoms with Crippen molar-refractivity contribution in [2.24, 2.45) is 16.6 Å². The van der Waals surface area contributed by atoms with Gasteiger partial charge in [-0.05, 0) is 106 Å². The highest BCUT2D eigenvalue weighted by molar-refractivity contribution is 7.88. The van der Waals surface area contributed by atoms with Crippen LogP contribution in [0.25, 0.3) is 21.7 Å². The van der Waals surface area contributed by atoms with E-state index in [9.17, 15) is 18.0 Å². The summed E-state index contributed by atoms with van der Waals surface area (Å²) in [6, 6.07) is 13.9. The van der Waals surface area contributed by atoms with Crippen molar-refractivity contribution >= 4 is 68.0 Å². The number of likely N-dealkylation sites (tertiary alicyclic amines) is 2. The van der Waals surface area contributed by atoms with Crippen LogP contribution in [0.5, 0.6) is 0 Å². The minimum absolute atomic E-state index is 0.01000. The molecule has 5 N–H and O–H groups in total. The molecular formula is C49H60Cl2N16O4S. The molecule has 0 spiro atoms. The summed E-state index contributed by atoms with van der Waals surface area (Å²) in [5, 5.41) is 14.2. The van der Waals surface area contributed by atoms with Crippen LogP contribution in [0.2, 0.25) is 10.0 Å². The Morgan fingerprint density at radius 1 is 0.722 bits per heavy atom. The number of nitrogens with one attached hydrogen (secondary N) is 1. The van der Waals surface area contributed by atoms with E-state index in [-0.39, 0.29) is 49.1 Å². The van der Waals surface area contributed by atoms with E-state index in [1.807, 2.05) is 48.2 Å². The van der Waals surface area contributed by atoms with Crippen molar-refractivity contribution in [1.29, 1.82) is 0 Å². The lowest BCUT2D eigenvalue weighted by molar-refractivity contribution is 0.0597. The molecule has 8 heterocycles. The Bertz CT molecular complexity index is 3180. The summed E-state index contributed by atoms with van der Waals surface area (Å²) >= 11 is 12.5. The second-order valence-corrected chi connectivity index (χ2v) is 22.0. The van der Waals surface area contributed by atoms with Crippen molar-refractivity contribution in [3.05, 3.63) is 126 Å². The van der Waals surface area contributed by atoms with E-state index in [0.717, 1.165) is 129 Å². The van der Waals surface area contributed by atoms with Crippen molar-refractivity contribution in [3.8, 4) is 0 Å². The number of azide groups is 1. The molecule has 20 nitrogen and oxygen atoms in total. The van der Waals surface area contributed by atoms with E-state index in [2.05, 4.69) is 24.5 Å². The first-order valence-electron chi connectivity index (χ1n) is 24.4. The first-order chi connectivity index (χ1) is 34.5.